The van der Waals surface area contributed by atoms with Gasteiger partial charge in [0.15, 0.2) is 11.6 Å². The van der Waals surface area contributed by atoms with Gasteiger partial charge in [-0.2, -0.15) is 0 Å². The maximum absolute atomic E-state index is 14.3. The van der Waals surface area contributed by atoms with Gasteiger partial charge in [0.1, 0.15) is 23.1 Å². The lowest BCUT2D eigenvalue weighted by Gasteiger charge is -2.38. The number of anilines is 1. The summed E-state index contributed by atoms with van der Waals surface area (Å²) >= 11 is 5.73. The van der Waals surface area contributed by atoms with Crippen LogP contribution in [0.25, 0.3) is 0 Å². The first-order valence-electron chi connectivity index (χ1n) is 8.79. The van der Waals surface area contributed by atoms with Gasteiger partial charge in [-0.1, -0.05) is 23.7 Å². The third-order valence-electron chi connectivity index (χ3n) is 5.20. The topological polar surface area (TPSA) is 34.2 Å². The summed E-state index contributed by atoms with van der Waals surface area (Å²) in [4.78, 5) is 1.67. The van der Waals surface area contributed by atoms with Crippen molar-refractivity contribution in [1.29, 1.82) is 0 Å². The van der Waals surface area contributed by atoms with E-state index in [0.717, 1.165) is 23.4 Å². The van der Waals surface area contributed by atoms with E-state index in [4.69, 9.17) is 25.8 Å². The van der Waals surface area contributed by atoms with E-state index in [1.54, 1.807) is 12.0 Å². The number of piperidine rings is 1. The van der Waals surface area contributed by atoms with Crippen LogP contribution in [0.15, 0.2) is 36.4 Å². The van der Waals surface area contributed by atoms with Gasteiger partial charge in [0.2, 0.25) is 0 Å². The van der Waals surface area contributed by atoms with Crippen molar-refractivity contribution in [3.63, 3.8) is 0 Å². The molecule has 144 valence electrons. The van der Waals surface area contributed by atoms with E-state index in [1.807, 2.05) is 24.3 Å². The van der Waals surface area contributed by atoms with Crippen molar-refractivity contribution < 1.29 is 23.0 Å². The summed E-state index contributed by atoms with van der Waals surface area (Å²) in [5.74, 6) is -0.554. The summed E-state index contributed by atoms with van der Waals surface area (Å²) in [5, 5.41) is 0.0417. The molecule has 2 aliphatic heterocycles. The summed E-state index contributed by atoms with van der Waals surface area (Å²) in [5.41, 5.74) is 0.586. The standard InChI is InChI=1S/C20H20ClF2NO3/c1-25-15-4-2-13(3-5-15)11-26-18-10-24(7-6-20(18)12-27-20)19-16(22)8-14(21)9-17(19)23/h2-5,8-9,18H,6-7,10-12H2,1H3/t18-,20+/m0/s1. The number of methoxy groups -OCH3 is 1. The van der Waals surface area contributed by atoms with Crippen LogP contribution in [-0.4, -0.2) is 38.5 Å². The third-order valence-corrected chi connectivity index (χ3v) is 5.42. The Morgan fingerprint density at radius 3 is 2.48 bits per heavy atom. The van der Waals surface area contributed by atoms with E-state index >= 15 is 0 Å². The summed E-state index contributed by atoms with van der Waals surface area (Å²) in [6.45, 7) is 1.85. The van der Waals surface area contributed by atoms with Crippen molar-refractivity contribution in [3.8, 4) is 5.75 Å². The van der Waals surface area contributed by atoms with Crippen LogP contribution >= 0.6 is 11.6 Å². The molecule has 2 atom stereocenters. The molecule has 2 saturated heterocycles. The van der Waals surface area contributed by atoms with E-state index in [-0.39, 0.29) is 22.4 Å². The first-order chi connectivity index (χ1) is 13.0. The molecule has 2 heterocycles. The zero-order valence-corrected chi connectivity index (χ0v) is 15.6. The van der Waals surface area contributed by atoms with E-state index in [1.165, 1.54) is 0 Å². The van der Waals surface area contributed by atoms with Gasteiger partial charge in [0, 0.05) is 18.1 Å². The molecule has 1 spiro atoms. The Morgan fingerprint density at radius 1 is 1.22 bits per heavy atom. The molecule has 0 unspecified atom stereocenters. The van der Waals surface area contributed by atoms with Crippen LogP contribution in [0.1, 0.15) is 12.0 Å². The molecule has 2 aliphatic rings. The molecule has 2 aromatic rings. The van der Waals surface area contributed by atoms with Gasteiger partial charge >= 0.3 is 0 Å². The number of hydrogen-bond acceptors (Lipinski definition) is 4. The van der Waals surface area contributed by atoms with Crippen molar-refractivity contribution >= 4 is 17.3 Å². The maximum Gasteiger partial charge on any atom is 0.151 e. The molecule has 0 amide bonds. The number of halogens is 3. The lowest BCUT2D eigenvalue weighted by atomic mass is 9.93. The number of nitrogens with zero attached hydrogens (tertiary/aromatic N) is 1. The highest BCUT2D eigenvalue weighted by molar-refractivity contribution is 6.30. The van der Waals surface area contributed by atoms with Crippen molar-refractivity contribution in [3.05, 3.63) is 58.6 Å². The van der Waals surface area contributed by atoms with Gasteiger partial charge in [-0.25, -0.2) is 8.78 Å². The number of rotatable bonds is 5. The fourth-order valence-electron chi connectivity index (χ4n) is 3.53. The van der Waals surface area contributed by atoms with Gasteiger partial charge in [0.25, 0.3) is 0 Å². The predicted molar refractivity (Wildman–Crippen MR) is 98.5 cm³/mol. The molecular formula is C20H20ClF2NO3. The van der Waals surface area contributed by atoms with Crippen LogP contribution in [0.5, 0.6) is 5.75 Å². The highest BCUT2D eigenvalue weighted by atomic mass is 35.5. The van der Waals surface area contributed by atoms with Crippen LogP contribution in [0.4, 0.5) is 14.5 Å². The summed E-state index contributed by atoms with van der Waals surface area (Å²) in [7, 11) is 1.62. The Bertz CT molecular complexity index is 803. The summed E-state index contributed by atoms with van der Waals surface area (Å²) in [6.07, 6.45) is 0.379. The predicted octanol–water partition coefficient (Wildman–Crippen LogP) is 4.19. The number of benzene rings is 2. The third kappa shape index (κ3) is 3.74. The van der Waals surface area contributed by atoms with Crippen LogP contribution in [-0.2, 0) is 16.1 Å². The number of hydrogen-bond donors (Lipinski definition) is 0. The van der Waals surface area contributed by atoms with Crippen molar-refractivity contribution in [2.75, 3.05) is 31.7 Å². The van der Waals surface area contributed by atoms with Crippen LogP contribution < -0.4 is 9.64 Å². The SMILES string of the molecule is COc1ccc(CO[C@H]2CN(c3c(F)cc(Cl)cc3F)CC[C@@]23CO3)cc1. The van der Waals surface area contributed by atoms with E-state index in [2.05, 4.69) is 0 Å². The quantitative estimate of drug-likeness (QED) is 0.711. The lowest BCUT2D eigenvalue weighted by molar-refractivity contribution is -0.0213. The molecule has 27 heavy (non-hydrogen) atoms. The largest absolute Gasteiger partial charge is 0.497 e. The molecule has 2 fully saturated rings. The second-order valence-electron chi connectivity index (χ2n) is 6.92. The number of ether oxygens (including phenoxy) is 3. The fraction of sp³-hybridized carbons (Fsp3) is 0.400. The van der Waals surface area contributed by atoms with Crippen LogP contribution in [0, 0.1) is 11.6 Å². The van der Waals surface area contributed by atoms with Gasteiger partial charge in [-0.3, -0.25) is 0 Å². The molecule has 0 N–H and O–H groups in total. The zero-order valence-electron chi connectivity index (χ0n) is 14.9. The van der Waals surface area contributed by atoms with Crippen molar-refractivity contribution in [1.82, 2.24) is 0 Å². The average molecular weight is 396 g/mol. The fourth-order valence-corrected chi connectivity index (χ4v) is 3.72. The molecule has 0 radical (unpaired) electrons. The Kier molecular flexibility index (Phi) is 4.97. The molecule has 0 saturated carbocycles. The highest BCUT2D eigenvalue weighted by Gasteiger charge is 2.55. The Morgan fingerprint density at radius 2 is 1.89 bits per heavy atom. The van der Waals surface area contributed by atoms with E-state index in [9.17, 15) is 8.78 Å². The molecule has 0 aliphatic carbocycles. The van der Waals surface area contributed by atoms with Crippen LogP contribution in [0.2, 0.25) is 5.02 Å². The zero-order chi connectivity index (χ0) is 19.0. The smallest absolute Gasteiger partial charge is 0.151 e. The second-order valence-corrected chi connectivity index (χ2v) is 7.35. The van der Waals surface area contributed by atoms with Gasteiger partial charge in [-0.05, 0) is 36.2 Å². The van der Waals surface area contributed by atoms with E-state index in [0.29, 0.717) is 32.7 Å². The average Bonchev–Trinajstić information content (AvgIpc) is 3.42. The minimum absolute atomic E-state index is 0.0417. The lowest BCUT2D eigenvalue weighted by Crippen LogP contribution is -2.50. The minimum atomic E-state index is -0.665. The minimum Gasteiger partial charge on any atom is -0.497 e. The molecule has 4 nitrogen and oxygen atoms in total. The Hall–Kier alpha value is -1.89. The molecular weight excluding hydrogens is 376 g/mol. The van der Waals surface area contributed by atoms with Crippen LogP contribution in [0.3, 0.4) is 0 Å². The highest BCUT2D eigenvalue weighted by Crippen LogP contribution is 2.42. The normalized spacial score (nSPS) is 24.3. The molecule has 0 bridgehead atoms. The van der Waals surface area contributed by atoms with Crippen molar-refractivity contribution in [2.24, 2.45) is 0 Å². The Labute approximate surface area is 161 Å². The molecule has 2 aromatic carbocycles. The molecule has 4 rings (SSSR count). The maximum atomic E-state index is 14.3. The van der Waals surface area contributed by atoms with Crippen molar-refractivity contribution in [2.45, 2.75) is 24.7 Å². The summed E-state index contributed by atoms with van der Waals surface area (Å²) in [6, 6.07) is 9.86. The molecule has 0 aromatic heterocycles. The van der Waals surface area contributed by atoms with Gasteiger partial charge in [-0.15, -0.1) is 0 Å². The first-order valence-corrected chi connectivity index (χ1v) is 9.16. The second kappa shape index (κ2) is 7.26. The molecule has 7 heteroatoms. The summed E-state index contributed by atoms with van der Waals surface area (Å²) < 4.78 is 45.5. The Balaban J connectivity index is 1.48. The monoisotopic (exact) mass is 395 g/mol. The van der Waals surface area contributed by atoms with Gasteiger partial charge < -0.3 is 19.1 Å². The van der Waals surface area contributed by atoms with E-state index < -0.39 is 11.6 Å². The first kappa shape index (κ1) is 18.5. The number of epoxide rings is 1. The van der Waals surface area contributed by atoms with Gasteiger partial charge in [0.05, 0.1) is 20.3 Å².